The molecular formula is C32H18N8Tl+. The molecule has 9 rings (SSSR count). The predicted octanol–water partition coefficient (Wildman–Crippen LogP) is 6.49. The van der Waals surface area contributed by atoms with E-state index in [1.54, 1.807) is 0 Å². The average molecular weight is 719 g/mol. The molecule has 0 spiro atoms. The van der Waals surface area contributed by atoms with Gasteiger partial charge in [-0.2, -0.15) is 0 Å². The van der Waals surface area contributed by atoms with Crippen molar-refractivity contribution in [2.75, 3.05) is 0 Å². The molecule has 188 valence electrons. The van der Waals surface area contributed by atoms with Gasteiger partial charge in [0, 0.05) is 43.8 Å². The van der Waals surface area contributed by atoms with Gasteiger partial charge in [-0.1, -0.05) is 97.1 Å². The third-order valence-corrected chi connectivity index (χ3v) is 7.46. The molecule has 8 nitrogen and oxygen atoms in total. The molecule has 0 aliphatic carbocycles. The van der Waals surface area contributed by atoms with E-state index in [0.29, 0.717) is 45.9 Å². The number of hydrogen-bond donors (Lipinski definition) is 2. The summed E-state index contributed by atoms with van der Waals surface area (Å²) in [5.74, 6) is 2.39. The van der Waals surface area contributed by atoms with Crippen molar-refractivity contribution in [1.82, 2.24) is 39.9 Å². The number of benzene rings is 4. The summed E-state index contributed by atoms with van der Waals surface area (Å²) >= 11 is 0. The normalized spacial score (nSPS) is 11.7. The minimum absolute atomic E-state index is 0. The molecule has 0 atom stereocenters. The molecule has 7 aromatic rings. The van der Waals surface area contributed by atoms with Crippen molar-refractivity contribution >= 4 is 71.4 Å². The van der Waals surface area contributed by atoms with Crippen LogP contribution in [0.4, 0.5) is 0 Å². The van der Waals surface area contributed by atoms with E-state index in [-0.39, 0.29) is 27.3 Å². The third-order valence-electron chi connectivity index (χ3n) is 7.46. The second-order valence-electron chi connectivity index (χ2n) is 9.79. The van der Waals surface area contributed by atoms with E-state index in [1.807, 2.05) is 97.1 Å². The Morgan fingerprint density at radius 1 is 0.317 bits per heavy atom. The van der Waals surface area contributed by atoms with Gasteiger partial charge in [-0.25, -0.2) is 29.9 Å². The van der Waals surface area contributed by atoms with Crippen LogP contribution in [0.2, 0.25) is 0 Å². The third kappa shape index (κ3) is 3.63. The number of aromatic amines is 2. The molecule has 2 aliphatic rings. The number of rotatable bonds is 0. The van der Waals surface area contributed by atoms with Crippen LogP contribution in [0, 0.1) is 0 Å². The summed E-state index contributed by atoms with van der Waals surface area (Å²) < 4.78 is 0. The summed E-state index contributed by atoms with van der Waals surface area (Å²) in [5.41, 5.74) is 6.45. The average Bonchev–Trinajstić information content (AvgIpc) is 3.73. The molecular weight excluding hydrogens is 701 g/mol. The first-order valence-electron chi connectivity index (χ1n) is 13.0. The van der Waals surface area contributed by atoms with Crippen LogP contribution in [0.1, 0.15) is 0 Å². The maximum atomic E-state index is 5.02. The van der Waals surface area contributed by atoms with Crippen LogP contribution in [-0.2, 0) is 0 Å². The first kappa shape index (κ1) is 24.0. The Bertz CT molecular complexity index is 2030. The number of nitrogens with one attached hydrogen (secondary N) is 2. The van der Waals surface area contributed by atoms with Gasteiger partial charge < -0.3 is 9.97 Å². The summed E-state index contributed by atoms with van der Waals surface area (Å²) in [6.45, 7) is 0. The molecule has 0 unspecified atom stereocenters. The molecule has 4 aromatic carbocycles. The minimum atomic E-state index is 0. The zero-order valence-electron chi connectivity index (χ0n) is 21.5. The molecule has 9 heteroatoms. The Kier molecular flexibility index (Phi) is 5.33. The van der Waals surface area contributed by atoms with Gasteiger partial charge in [0.15, 0.2) is 23.3 Å². The predicted molar refractivity (Wildman–Crippen MR) is 162 cm³/mol. The van der Waals surface area contributed by atoms with Crippen LogP contribution >= 0.6 is 0 Å². The monoisotopic (exact) mass is 719 g/mol. The van der Waals surface area contributed by atoms with Gasteiger partial charge in [0.1, 0.15) is 22.6 Å². The molecule has 2 aliphatic heterocycles. The van der Waals surface area contributed by atoms with E-state index in [0.717, 1.165) is 43.8 Å². The number of fused-ring (bicyclic) bond motifs is 20. The Morgan fingerprint density at radius 2 is 0.561 bits per heavy atom. The Balaban J connectivity index is 0.00000256. The number of hydrogen-bond acceptors (Lipinski definition) is 6. The van der Waals surface area contributed by atoms with Gasteiger partial charge in [-0.3, -0.25) is 0 Å². The van der Waals surface area contributed by atoms with Crippen LogP contribution < -0.4 is 0 Å². The minimum Gasteiger partial charge on any atom is -0.324 e. The van der Waals surface area contributed by atoms with Gasteiger partial charge in [0.25, 0.3) is 0 Å². The van der Waals surface area contributed by atoms with Crippen molar-refractivity contribution < 1.29 is 0 Å². The Morgan fingerprint density at radius 3 is 0.829 bits per heavy atom. The molecule has 41 heavy (non-hydrogen) atoms. The molecule has 3 aromatic heterocycles. The fraction of sp³-hybridized carbons (Fsp3) is 0. The maximum absolute atomic E-state index is 5.02. The number of H-pyrrole nitrogens is 2. The maximum Gasteiger partial charge on any atom is 1.00 e. The van der Waals surface area contributed by atoms with Crippen LogP contribution in [0.25, 0.3) is 89.7 Å². The Labute approximate surface area is 252 Å². The molecule has 0 saturated heterocycles. The SMILES string of the molecule is [Tl+].c1ccc2c(c1)-c1nc-2nc2[nH]c(nc3nc(nc4[nH]c(n1)c1ccccc41)-c1ccccc1-3)c1ccccc21. The number of aromatic nitrogens is 8. The van der Waals surface area contributed by atoms with E-state index >= 15 is 0 Å². The fourth-order valence-corrected chi connectivity index (χ4v) is 5.59. The van der Waals surface area contributed by atoms with Crippen molar-refractivity contribution in [3.05, 3.63) is 97.1 Å². The van der Waals surface area contributed by atoms with Crippen molar-refractivity contribution in [3.63, 3.8) is 0 Å². The van der Waals surface area contributed by atoms with Gasteiger partial charge in [0.05, 0.1) is 0 Å². The zero-order chi connectivity index (χ0) is 26.2. The van der Waals surface area contributed by atoms with Crippen LogP contribution in [-0.4, -0.2) is 67.2 Å². The quantitative estimate of drug-likeness (QED) is 0.174. The summed E-state index contributed by atoms with van der Waals surface area (Å²) in [6.07, 6.45) is 0. The summed E-state index contributed by atoms with van der Waals surface area (Å²) in [6, 6.07) is 32.2. The van der Waals surface area contributed by atoms with Gasteiger partial charge in [-0.05, 0) is 0 Å². The van der Waals surface area contributed by atoms with Crippen molar-refractivity contribution in [1.29, 1.82) is 0 Å². The first-order valence-corrected chi connectivity index (χ1v) is 13.0. The van der Waals surface area contributed by atoms with E-state index in [2.05, 4.69) is 9.97 Å². The van der Waals surface area contributed by atoms with E-state index < -0.39 is 0 Å². The summed E-state index contributed by atoms with van der Waals surface area (Å²) in [4.78, 5) is 36.8. The second kappa shape index (κ2) is 9.10. The fourth-order valence-electron chi connectivity index (χ4n) is 5.59. The second-order valence-corrected chi connectivity index (χ2v) is 9.79. The summed E-state index contributed by atoms with van der Waals surface area (Å²) in [5, 5.41) is 3.82. The summed E-state index contributed by atoms with van der Waals surface area (Å²) in [7, 11) is 0. The zero-order valence-corrected chi connectivity index (χ0v) is 26.0. The molecule has 0 radical (unpaired) electrons. The van der Waals surface area contributed by atoms with Gasteiger partial charge >= 0.3 is 27.3 Å². The van der Waals surface area contributed by atoms with Crippen molar-refractivity contribution in [2.45, 2.75) is 0 Å². The van der Waals surface area contributed by atoms with E-state index in [1.165, 1.54) is 0 Å². The largest absolute Gasteiger partial charge is 1.00 e. The van der Waals surface area contributed by atoms with Gasteiger partial charge in [-0.15, -0.1) is 0 Å². The van der Waals surface area contributed by atoms with Crippen molar-refractivity contribution in [3.8, 4) is 45.6 Å². The smallest absolute Gasteiger partial charge is 0.324 e. The molecule has 8 bridgehead atoms. The molecule has 0 saturated carbocycles. The van der Waals surface area contributed by atoms with E-state index in [9.17, 15) is 0 Å². The Hall–Kier alpha value is -4.84. The van der Waals surface area contributed by atoms with Crippen LogP contribution in [0.3, 0.4) is 0 Å². The molecule has 0 amide bonds. The first-order chi connectivity index (χ1) is 19.8. The van der Waals surface area contributed by atoms with E-state index in [4.69, 9.17) is 29.9 Å². The molecule has 0 fully saturated rings. The molecule has 5 heterocycles. The molecule has 2 N–H and O–H groups in total. The van der Waals surface area contributed by atoms with Crippen LogP contribution in [0.15, 0.2) is 97.1 Å². The van der Waals surface area contributed by atoms with Crippen molar-refractivity contribution in [2.24, 2.45) is 0 Å². The number of nitrogens with zero attached hydrogens (tertiary/aromatic N) is 6. The van der Waals surface area contributed by atoms with Crippen LogP contribution in [0.5, 0.6) is 0 Å². The van der Waals surface area contributed by atoms with Gasteiger partial charge in [0.2, 0.25) is 0 Å². The standard InChI is InChI=1S/C32H18N8.Tl/c1-2-10-18-17(9-1)25-33-26(18)38-28-21-13-5-6-14-22(21)30(35-28)40-32-24-16-8-7-15-23(24)31(36-32)39-29-20-12-4-3-11-19(20)27(34-29)37-25;/h1-16H,(H2,33,34,35,36,37,38,39,40);/q;+1. The topological polar surface area (TPSA) is 109 Å².